The van der Waals surface area contributed by atoms with E-state index < -0.39 is 5.97 Å². The Morgan fingerprint density at radius 3 is 2.44 bits per heavy atom. The van der Waals surface area contributed by atoms with Crippen LogP contribution < -0.4 is 5.43 Å². The summed E-state index contributed by atoms with van der Waals surface area (Å²) in [5.41, 5.74) is 1.74. The third-order valence-corrected chi connectivity index (χ3v) is 5.08. The Kier molecular flexibility index (Phi) is 5.23. The summed E-state index contributed by atoms with van der Waals surface area (Å²) >= 11 is 5.97. The summed E-state index contributed by atoms with van der Waals surface area (Å²) < 4.78 is 6.42. The maximum Gasteiger partial charge on any atom is 0.362 e. The highest BCUT2D eigenvalue weighted by atomic mass is 35.5. The van der Waals surface area contributed by atoms with E-state index in [1.807, 2.05) is 19.1 Å². The van der Waals surface area contributed by atoms with Crippen molar-refractivity contribution in [1.82, 2.24) is 9.78 Å². The fourth-order valence-corrected chi connectivity index (χ4v) is 3.69. The van der Waals surface area contributed by atoms with Crippen molar-refractivity contribution in [1.29, 1.82) is 0 Å². The molecule has 0 saturated heterocycles. The first kappa shape index (κ1) is 17.7. The van der Waals surface area contributed by atoms with Gasteiger partial charge in [-0.25, -0.2) is 9.48 Å². The van der Waals surface area contributed by atoms with E-state index in [0.29, 0.717) is 10.6 Å². The van der Waals surface area contributed by atoms with Gasteiger partial charge in [0.25, 0.3) is 0 Å². The number of hydrogen-bond donors (Lipinski definition) is 0. The topological polar surface area (TPSA) is 61.2 Å². The van der Waals surface area contributed by atoms with Crippen LogP contribution in [0.1, 0.15) is 59.8 Å². The van der Waals surface area contributed by atoms with Crippen molar-refractivity contribution in [2.45, 2.75) is 44.9 Å². The average Bonchev–Trinajstić information content (AvgIpc) is 2.63. The molecule has 1 fully saturated rings. The van der Waals surface area contributed by atoms with Crippen molar-refractivity contribution in [3.05, 3.63) is 56.5 Å². The van der Waals surface area contributed by atoms with Gasteiger partial charge in [0.2, 0.25) is 11.1 Å². The van der Waals surface area contributed by atoms with Gasteiger partial charge >= 0.3 is 5.97 Å². The van der Waals surface area contributed by atoms with Gasteiger partial charge in [-0.1, -0.05) is 30.9 Å². The third kappa shape index (κ3) is 3.47. The zero-order chi connectivity index (χ0) is 18.0. The molecule has 0 bridgehead atoms. The molecule has 1 aliphatic rings. The second kappa shape index (κ2) is 7.40. The lowest BCUT2D eigenvalue weighted by Crippen LogP contribution is -2.30. The van der Waals surface area contributed by atoms with E-state index in [4.69, 9.17) is 16.3 Å². The maximum absolute atomic E-state index is 12.9. The molecule has 1 aromatic carbocycles. The molecule has 25 heavy (non-hydrogen) atoms. The van der Waals surface area contributed by atoms with Crippen LogP contribution in [0, 0.1) is 6.92 Å². The maximum atomic E-state index is 12.9. The predicted molar refractivity (Wildman–Crippen MR) is 96.7 cm³/mol. The minimum absolute atomic E-state index is 0.159. The number of hydrogen-bond acceptors (Lipinski definition) is 4. The van der Waals surface area contributed by atoms with Gasteiger partial charge in [0.15, 0.2) is 0 Å². The first-order chi connectivity index (χ1) is 12.0. The summed E-state index contributed by atoms with van der Waals surface area (Å²) in [5, 5.41) is 4.90. The van der Waals surface area contributed by atoms with Gasteiger partial charge in [0.1, 0.15) is 0 Å². The van der Waals surface area contributed by atoms with Crippen molar-refractivity contribution in [2.24, 2.45) is 0 Å². The molecule has 0 amide bonds. The summed E-state index contributed by atoms with van der Waals surface area (Å²) in [6.07, 6.45) is 5.30. The molecule has 6 heteroatoms. The molecule has 1 heterocycles. The standard InChI is InChI=1S/C19H21ClN2O3/c1-12-16(13-6-4-3-5-7-13)18(23)17(19(24)25-2)21-22(12)15-10-8-14(20)9-11-15/h8-11,13H,3-7H2,1-2H3. The first-order valence-electron chi connectivity index (χ1n) is 8.51. The summed E-state index contributed by atoms with van der Waals surface area (Å²) in [4.78, 5) is 25.0. The molecule has 1 saturated carbocycles. The van der Waals surface area contributed by atoms with E-state index >= 15 is 0 Å². The number of carbonyl (C=O) groups is 1. The van der Waals surface area contributed by atoms with E-state index in [2.05, 4.69) is 5.10 Å². The van der Waals surface area contributed by atoms with Gasteiger partial charge < -0.3 is 4.74 Å². The van der Waals surface area contributed by atoms with Crippen LogP contribution in [-0.2, 0) is 4.74 Å². The Hall–Kier alpha value is -2.14. The van der Waals surface area contributed by atoms with Crippen LogP contribution in [0.2, 0.25) is 5.02 Å². The lowest BCUT2D eigenvalue weighted by atomic mass is 9.83. The molecule has 0 N–H and O–H groups in total. The largest absolute Gasteiger partial charge is 0.464 e. The first-order valence-corrected chi connectivity index (χ1v) is 8.88. The number of ether oxygens (including phenoxy) is 1. The molecule has 1 aliphatic carbocycles. The molecule has 1 aromatic heterocycles. The lowest BCUT2D eigenvalue weighted by molar-refractivity contribution is 0.0589. The Morgan fingerprint density at radius 1 is 1.20 bits per heavy atom. The highest BCUT2D eigenvalue weighted by Gasteiger charge is 2.27. The number of methoxy groups -OCH3 is 1. The van der Waals surface area contributed by atoms with Crippen molar-refractivity contribution < 1.29 is 9.53 Å². The Bertz CT molecular complexity index is 837. The number of halogens is 1. The van der Waals surface area contributed by atoms with Gasteiger partial charge in [-0.15, -0.1) is 0 Å². The molecular weight excluding hydrogens is 340 g/mol. The fraction of sp³-hybridized carbons (Fsp3) is 0.421. The van der Waals surface area contributed by atoms with Crippen molar-refractivity contribution in [3.63, 3.8) is 0 Å². The van der Waals surface area contributed by atoms with Crippen LogP contribution in [0.3, 0.4) is 0 Å². The smallest absolute Gasteiger partial charge is 0.362 e. The molecule has 3 rings (SSSR count). The normalized spacial score (nSPS) is 15.2. The highest BCUT2D eigenvalue weighted by molar-refractivity contribution is 6.30. The van der Waals surface area contributed by atoms with Gasteiger partial charge in [0, 0.05) is 16.3 Å². The summed E-state index contributed by atoms with van der Waals surface area (Å²) in [7, 11) is 1.26. The molecule has 0 aliphatic heterocycles. The Balaban J connectivity index is 2.22. The van der Waals surface area contributed by atoms with Gasteiger partial charge in [0.05, 0.1) is 12.8 Å². The van der Waals surface area contributed by atoms with Crippen LogP contribution in [-0.4, -0.2) is 22.9 Å². The number of carbonyl (C=O) groups excluding carboxylic acids is 1. The molecule has 5 nitrogen and oxygen atoms in total. The number of esters is 1. The summed E-state index contributed by atoms with van der Waals surface area (Å²) in [5.74, 6) is -0.545. The highest BCUT2D eigenvalue weighted by Crippen LogP contribution is 2.33. The van der Waals surface area contributed by atoms with E-state index in [9.17, 15) is 9.59 Å². The van der Waals surface area contributed by atoms with Crippen LogP contribution in [0.15, 0.2) is 29.1 Å². The van der Waals surface area contributed by atoms with Gasteiger partial charge in [-0.2, -0.15) is 5.10 Å². The molecule has 0 radical (unpaired) electrons. The summed E-state index contributed by atoms with van der Waals surface area (Å²) in [6.45, 7) is 1.88. The van der Waals surface area contributed by atoms with E-state index in [-0.39, 0.29) is 17.0 Å². The molecule has 0 spiro atoms. The minimum atomic E-state index is -0.704. The van der Waals surface area contributed by atoms with Crippen molar-refractivity contribution in [3.8, 4) is 5.69 Å². The second-order valence-electron chi connectivity index (χ2n) is 6.39. The van der Waals surface area contributed by atoms with Crippen molar-refractivity contribution in [2.75, 3.05) is 7.11 Å². The zero-order valence-electron chi connectivity index (χ0n) is 14.4. The monoisotopic (exact) mass is 360 g/mol. The molecule has 0 unspecified atom stereocenters. The van der Waals surface area contributed by atoms with Gasteiger partial charge in [-0.3, -0.25) is 4.79 Å². The molecule has 2 aromatic rings. The minimum Gasteiger partial charge on any atom is -0.464 e. The molecule has 0 atom stereocenters. The van der Waals surface area contributed by atoms with E-state index in [1.165, 1.54) is 13.5 Å². The fourth-order valence-electron chi connectivity index (χ4n) is 3.56. The number of aromatic nitrogens is 2. The molecule has 132 valence electrons. The Labute approximate surface area is 151 Å². The zero-order valence-corrected chi connectivity index (χ0v) is 15.2. The van der Waals surface area contributed by atoms with Crippen LogP contribution in [0.5, 0.6) is 0 Å². The second-order valence-corrected chi connectivity index (χ2v) is 6.83. The van der Waals surface area contributed by atoms with E-state index in [0.717, 1.165) is 37.1 Å². The van der Waals surface area contributed by atoms with Crippen LogP contribution >= 0.6 is 11.6 Å². The SMILES string of the molecule is COC(=O)c1nn(-c2ccc(Cl)cc2)c(C)c(C2CCCCC2)c1=O. The van der Waals surface area contributed by atoms with Crippen LogP contribution in [0.25, 0.3) is 5.69 Å². The Morgan fingerprint density at radius 2 is 1.84 bits per heavy atom. The quantitative estimate of drug-likeness (QED) is 0.775. The van der Waals surface area contributed by atoms with Crippen LogP contribution in [0.4, 0.5) is 0 Å². The third-order valence-electron chi connectivity index (χ3n) is 4.83. The number of benzene rings is 1. The van der Waals surface area contributed by atoms with Gasteiger partial charge in [-0.05, 0) is 49.9 Å². The number of rotatable bonds is 3. The summed E-state index contributed by atoms with van der Waals surface area (Å²) in [6, 6.07) is 7.15. The number of nitrogens with zero attached hydrogens (tertiary/aromatic N) is 2. The van der Waals surface area contributed by atoms with Crippen molar-refractivity contribution >= 4 is 17.6 Å². The predicted octanol–water partition coefficient (Wildman–Crippen LogP) is 4.03. The average molecular weight is 361 g/mol. The van der Waals surface area contributed by atoms with E-state index in [1.54, 1.807) is 16.8 Å². The molecular formula is C19H21ClN2O3. The lowest BCUT2D eigenvalue weighted by Gasteiger charge is -2.24.